The maximum atomic E-state index is 12.1. The molecule has 1 aromatic rings. The third kappa shape index (κ3) is 4.29. The minimum atomic E-state index is -3.61. The van der Waals surface area contributed by atoms with E-state index in [2.05, 4.69) is 4.72 Å². The molecular weight excluding hydrogens is 302 g/mol. The van der Waals surface area contributed by atoms with Gasteiger partial charge in [0.2, 0.25) is 15.9 Å². The fourth-order valence-corrected chi connectivity index (χ4v) is 3.40. The number of carbonyl (C=O) groups is 1. The molecule has 0 aliphatic carbocycles. The SMILES string of the molecule is N#Cc1ccc(S(=O)(=O)NCCN2CCCCCC2=O)cc1. The largest absolute Gasteiger partial charge is 0.341 e. The summed E-state index contributed by atoms with van der Waals surface area (Å²) >= 11 is 0. The van der Waals surface area contributed by atoms with E-state index in [4.69, 9.17) is 5.26 Å². The molecule has 1 amide bonds. The lowest BCUT2D eigenvalue weighted by Gasteiger charge is -2.20. The van der Waals surface area contributed by atoms with Gasteiger partial charge in [0.05, 0.1) is 16.5 Å². The number of sulfonamides is 1. The molecule has 22 heavy (non-hydrogen) atoms. The van der Waals surface area contributed by atoms with Crippen LogP contribution in [0.5, 0.6) is 0 Å². The molecule has 1 saturated heterocycles. The Morgan fingerprint density at radius 3 is 2.59 bits per heavy atom. The van der Waals surface area contributed by atoms with Crippen molar-refractivity contribution in [2.75, 3.05) is 19.6 Å². The Morgan fingerprint density at radius 1 is 1.18 bits per heavy atom. The molecule has 1 aromatic carbocycles. The van der Waals surface area contributed by atoms with Gasteiger partial charge in [0.15, 0.2) is 0 Å². The van der Waals surface area contributed by atoms with E-state index >= 15 is 0 Å². The van der Waals surface area contributed by atoms with Crippen molar-refractivity contribution in [2.24, 2.45) is 0 Å². The van der Waals surface area contributed by atoms with Gasteiger partial charge in [0.1, 0.15) is 0 Å². The molecule has 1 N–H and O–H groups in total. The van der Waals surface area contributed by atoms with Crippen LogP contribution in [0.1, 0.15) is 31.2 Å². The molecule has 7 heteroatoms. The fourth-order valence-electron chi connectivity index (χ4n) is 2.38. The van der Waals surface area contributed by atoms with Crippen LogP contribution in [0, 0.1) is 11.3 Å². The third-order valence-corrected chi connectivity index (χ3v) is 5.12. The van der Waals surface area contributed by atoms with Crippen LogP contribution >= 0.6 is 0 Å². The number of hydrogen-bond acceptors (Lipinski definition) is 4. The van der Waals surface area contributed by atoms with Gasteiger partial charge in [0, 0.05) is 26.1 Å². The van der Waals surface area contributed by atoms with Gasteiger partial charge in [0.25, 0.3) is 0 Å². The van der Waals surface area contributed by atoms with Gasteiger partial charge in [-0.1, -0.05) is 6.42 Å². The maximum Gasteiger partial charge on any atom is 0.240 e. The van der Waals surface area contributed by atoms with E-state index in [0.717, 1.165) is 19.3 Å². The second-order valence-corrected chi connectivity index (χ2v) is 6.99. The zero-order chi connectivity index (χ0) is 16.0. The molecule has 0 aromatic heterocycles. The second kappa shape index (κ2) is 7.38. The van der Waals surface area contributed by atoms with Crippen LogP contribution < -0.4 is 4.72 Å². The van der Waals surface area contributed by atoms with Crippen LogP contribution in [0.4, 0.5) is 0 Å². The normalized spacial score (nSPS) is 16.1. The summed E-state index contributed by atoms with van der Waals surface area (Å²) in [5.41, 5.74) is 0.411. The van der Waals surface area contributed by atoms with E-state index in [-0.39, 0.29) is 17.3 Å². The number of rotatable bonds is 5. The summed E-state index contributed by atoms with van der Waals surface area (Å²) in [4.78, 5) is 13.7. The zero-order valence-corrected chi connectivity index (χ0v) is 13.1. The minimum Gasteiger partial charge on any atom is -0.341 e. The van der Waals surface area contributed by atoms with Crippen LogP contribution in [0.25, 0.3) is 0 Å². The molecule has 0 radical (unpaired) electrons. The molecule has 0 spiro atoms. The second-order valence-electron chi connectivity index (χ2n) is 5.23. The van der Waals surface area contributed by atoms with Crippen molar-refractivity contribution < 1.29 is 13.2 Å². The molecule has 0 unspecified atom stereocenters. The van der Waals surface area contributed by atoms with Crippen molar-refractivity contribution in [2.45, 2.75) is 30.6 Å². The fraction of sp³-hybridized carbons (Fsp3) is 0.467. The van der Waals surface area contributed by atoms with Gasteiger partial charge in [-0.3, -0.25) is 4.79 Å². The lowest BCUT2D eigenvalue weighted by molar-refractivity contribution is -0.130. The molecule has 118 valence electrons. The first-order chi connectivity index (χ1) is 10.5. The molecule has 1 heterocycles. The summed E-state index contributed by atoms with van der Waals surface area (Å²) in [6, 6.07) is 7.68. The Bertz CT molecular complexity index is 662. The van der Waals surface area contributed by atoms with Crippen molar-refractivity contribution in [1.82, 2.24) is 9.62 Å². The van der Waals surface area contributed by atoms with Gasteiger partial charge >= 0.3 is 0 Å². The van der Waals surface area contributed by atoms with E-state index in [1.165, 1.54) is 24.3 Å². The molecule has 0 atom stereocenters. The number of nitrogens with one attached hydrogen (secondary N) is 1. The Morgan fingerprint density at radius 2 is 1.91 bits per heavy atom. The summed E-state index contributed by atoms with van der Waals surface area (Å²) in [7, 11) is -3.61. The van der Waals surface area contributed by atoms with E-state index in [0.29, 0.717) is 25.1 Å². The van der Waals surface area contributed by atoms with Crippen LogP contribution in [-0.2, 0) is 14.8 Å². The molecule has 1 aliphatic rings. The van der Waals surface area contributed by atoms with E-state index < -0.39 is 10.0 Å². The predicted octanol–water partition coefficient (Wildman–Crippen LogP) is 1.24. The Kier molecular flexibility index (Phi) is 5.52. The van der Waals surface area contributed by atoms with E-state index in [1.807, 2.05) is 6.07 Å². The topological polar surface area (TPSA) is 90.3 Å². The van der Waals surface area contributed by atoms with Crippen LogP contribution in [-0.4, -0.2) is 38.9 Å². The predicted molar refractivity (Wildman–Crippen MR) is 81.4 cm³/mol. The van der Waals surface area contributed by atoms with Crippen molar-refractivity contribution in [1.29, 1.82) is 5.26 Å². The van der Waals surface area contributed by atoms with Crippen molar-refractivity contribution >= 4 is 15.9 Å². The highest BCUT2D eigenvalue weighted by atomic mass is 32.2. The molecule has 2 rings (SSSR count). The van der Waals surface area contributed by atoms with Crippen LogP contribution in [0.3, 0.4) is 0 Å². The number of amides is 1. The molecule has 1 aliphatic heterocycles. The summed E-state index contributed by atoms with van der Waals surface area (Å²) in [6.45, 7) is 1.26. The average molecular weight is 321 g/mol. The summed E-state index contributed by atoms with van der Waals surface area (Å²) in [6.07, 6.45) is 3.46. The number of hydrogen-bond donors (Lipinski definition) is 1. The Labute approximate surface area is 130 Å². The number of nitrogens with zero attached hydrogens (tertiary/aromatic N) is 2. The highest BCUT2D eigenvalue weighted by molar-refractivity contribution is 7.89. The van der Waals surface area contributed by atoms with Crippen molar-refractivity contribution in [3.8, 4) is 6.07 Å². The standard InChI is InChI=1S/C15H19N3O3S/c16-12-13-5-7-14(8-6-13)22(20,21)17-9-11-18-10-3-1-2-4-15(18)19/h5-8,17H,1-4,9-11H2. The van der Waals surface area contributed by atoms with E-state index in [1.54, 1.807) is 4.90 Å². The maximum absolute atomic E-state index is 12.1. The molecule has 6 nitrogen and oxygen atoms in total. The summed E-state index contributed by atoms with van der Waals surface area (Å²) < 4.78 is 26.7. The first kappa shape index (κ1) is 16.5. The highest BCUT2D eigenvalue weighted by Crippen LogP contribution is 2.12. The first-order valence-corrected chi connectivity index (χ1v) is 8.79. The summed E-state index contributed by atoms with van der Waals surface area (Å²) in [5.74, 6) is 0.0927. The zero-order valence-electron chi connectivity index (χ0n) is 12.3. The summed E-state index contributed by atoms with van der Waals surface area (Å²) in [5, 5.41) is 8.71. The third-order valence-electron chi connectivity index (χ3n) is 3.64. The smallest absolute Gasteiger partial charge is 0.240 e. The van der Waals surface area contributed by atoms with Crippen LogP contribution in [0.15, 0.2) is 29.2 Å². The quantitative estimate of drug-likeness (QED) is 0.883. The van der Waals surface area contributed by atoms with E-state index in [9.17, 15) is 13.2 Å². The van der Waals surface area contributed by atoms with Gasteiger partial charge in [-0.15, -0.1) is 0 Å². The van der Waals surface area contributed by atoms with Gasteiger partial charge < -0.3 is 4.90 Å². The average Bonchev–Trinajstić information content (AvgIpc) is 2.72. The molecule has 1 fully saturated rings. The number of benzene rings is 1. The lowest BCUT2D eigenvalue weighted by atomic mass is 10.2. The van der Waals surface area contributed by atoms with Crippen LogP contribution in [0.2, 0.25) is 0 Å². The van der Waals surface area contributed by atoms with Gasteiger partial charge in [-0.2, -0.15) is 5.26 Å². The molecule has 0 bridgehead atoms. The Hall–Kier alpha value is -1.91. The molecular formula is C15H19N3O3S. The monoisotopic (exact) mass is 321 g/mol. The van der Waals surface area contributed by atoms with Crippen molar-refractivity contribution in [3.63, 3.8) is 0 Å². The van der Waals surface area contributed by atoms with Crippen molar-refractivity contribution in [3.05, 3.63) is 29.8 Å². The number of nitriles is 1. The minimum absolute atomic E-state index is 0.0927. The number of likely N-dealkylation sites (tertiary alicyclic amines) is 1. The lowest BCUT2D eigenvalue weighted by Crippen LogP contribution is -2.38. The van der Waals surface area contributed by atoms with Gasteiger partial charge in [-0.05, 0) is 37.1 Å². The van der Waals surface area contributed by atoms with Gasteiger partial charge in [-0.25, -0.2) is 13.1 Å². The molecule has 0 saturated carbocycles. The Balaban J connectivity index is 1.91. The highest BCUT2D eigenvalue weighted by Gasteiger charge is 2.18. The number of carbonyl (C=O) groups excluding carboxylic acids is 1. The first-order valence-electron chi connectivity index (χ1n) is 7.30.